The van der Waals surface area contributed by atoms with Gasteiger partial charge in [-0.25, -0.2) is 0 Å². The quantitative estimate of drug-likeness (QED) is 0.738. The van der Waals surface area contributed by atoms with Crippen molar-refractivity contribution < 1.29 is 0 Å². The van der Waals surface area contributed by atoms with Crippen LogP contribution in [0.1, 0.15) is 11.7 Å². The predicted octanol–water partition coefficient (Wildman–Crippen LogP) is 0.768. The molecule has 1 aliphatic carbocycles. The molecule has 1 aromatic heterocycles. The third kappa shape index (κ3) is 1.76. The number of rotatable bonds is 2. The lowest BCUT2D eigenvalue weighted by molar-refractivity contribution is 0.758. The molecule has 3 N–H and O–H groups in total. The van der Waals surface area contributed by atoms with Gasteiger partial charge in [-0.2, -0.15) is 4.98 Å². The van der Waals surface area contributed by atoms with Gasteiger partial charge < -0.3 is 11.2 Å². The monoisotopic (exact) mass is 233 g/mol. The third-order valence-electron chi connectivity index (χ3n) is 2.28. The fraction of sp³-hybridized carbons (Fsp3) is 0.200. The summed E-state index contributed by atoms with van der Waals surface area (Å²) in [4.78, 5) is 5.60. The second kappa shape index (κ2) is 4.30. The van der Waals surface area contributed by atoms with Crippen molar-refractivity contribution in [1.29, 1.82) is 0 Å². The first-order valence-electron chi connectivity index (χ1n) is 4.76. The van der Waals surface area contributed by atoms with E-state index in [2.05, 4.69) is 20.5 Å². The molecule has 1 unspecified atom stereocenters. The summed E-state index contributed by atoms with van der Waals surface area (Å²) in [6.45, 7) is 0. The van der Waals surface area contributed by atoms with Gasteiger partial charge in [-0.1, -0.05) is 18.2 Å². The molecule has 0 fully saturated rings. The van der Waals surface area contributed by atoms with Crippen LogP contribution in [0.15, 0.2) is 29.9 Å². The van der Waals surface area contributed by atoms with Crippen LogP contribution < -0.4 is 11.2 Å². The van der Waals surface area contributed by atoms with Crippen LogP contribution in [-0.2, 0) is 0 Å². The largest absolute Gasteiger partial charge is 0.367 e. The number of nitrogen functional groups attached to an aromatic ring is 1. The van der Waals surface area contributed by atoms with E-state index in [1.54, 1.807) is 7.05 Å². The molecule has 0 aromatic carbocycles. The lowest BCUT2D eigenvalue weighted by Gasteiger charge is -2.10. The molecule has 1 heterocycles. The molecule has 0 aliphatic heterocycles. The number of allylic oxidation sites excluding steroid dienone is 5. The summed E-state index contributed by atoms with van der Waals surface area (Å²) in [6, 6.07) is 0. The van der Waals surface area contributed by atoms with Gasteiger partial charge in [-0.05, 0) is 23.3 Å². The Bertz CT molecular complexity index is 507. The standard InChI is InChI=1S/C10H11N5S/c1-12-15-10(11)13-9(14-15)8-5-3-2-4-7(8)6-16/h2-5,8,12H,1H3,(H2,11,13,14). The molecule has 2 rings (SSSR count). The minimum atomic E-state index is -0.0700. The summed E-state index contributed by atoms with van der Waals surface area (Å²) in [5.41, 5.74) is 9.35. The summed E-state index contributed by atoms with van der Waals surface area (Å²) in [6.07, 6.45) is 7.69. The van der Waals surface area contributed by atoms with Gasteiger partial charge in [0.05, 0.1) is 5.92 Å². The zero-order valence-electron chi connectivity index (χ0n) is 8.71. The Hall–Kier alpha value is -1.91. The van der Waals surface area contributed by atoms with E-state index in [1.807, 2.05) is 24.3 Å². The maximum absolute atomic E-state index is 5.67. The van der Waals surface area contributed by atoms with Gasteiger partial charge in [0.25, 0.3) is 0 Å². The van der Waals surface area contributed by atoms with Gasteiger partial charge >= 0.3 is 0 Å². The Morgan fingerprint density at radius 2 is 2.38 bits per heavy atom. The van der Waals surface area contributed by atoms with Gasteiger partial charge in [-0.15, -0.1) is 9.89 Å². The van der Waals surface area contributed by atoms with Gasteiger partial charge in [0.15, 0.2) is 5.82 Å². The molecule has 0 saturated heterocycles. The van der Waals surface area contributed by atoms with Crippen molar-refractivity contribution in [3.8, 4) is 0 Å². The highest BCUT2D eigenvalue weighted by atomic mass is 32.1. The highest BCUT2D eigenvalue weighted by Crippen LogP contribution is 2.25. The van der Waals surface area contributed by atoms with Crippen LogP contribution in [0.2, 0.25) is 0 Å². The summed E-state index contributed by atoms with van der Waals surface area (Å²) in [7, 11) is 1.72. The summed E-state index contributed by atoms with van der Waals surface area (Å²) in [5, 5.41) is 6.94. The molecule has 5 nitrogen and oxygen atoms in total. The zero-order valence-corrected chi connectivity index (χ0v) is 9.53. The first-order chi connectivity index (χ1) is 7.76. The second-order valence-corrected chi connectivity index (χ2v) is 3.45. The Morgan fingerprint density at radius 3 is 3.00 bits per heavy atom. The lowest BCUT2D eigenvalue weighted by atomic mass is 9.95. The van der Waals surface area contributed by atoms with E-state index >= 15 is 0 Å². The molecular weight excluding hydrogens is 222 g/mol. The number of nitrogens with two attached hydrogens (primary N) is 1. The predicted molar refractivity (Wildman–Crippen MR) is 66.9 cm³/mol. The van der Waals surface area contributed by atoms with Crippen LogP contribution >= 0.6 is 12.2 Å². The highest BCUT2D eigenvalue weighted by Gasteiger charge is 2.19. The molecule has 0 saturated carbocycles. The SMILES string of the molecule is CNn1nc(C2C=CC=CC2=C=S)nc1N. The van der Waals surface area contributed by atoms with Crippen molar-refractivity contribution >= 4 is 23.2 Å². The van der Waals surface area contributed by atoms with Gasteiger partial charge in [-0.3, -0.25) is 0 Å². The lowest BCUT2D eigenvalue weighted by Crippen LogP contribution is -2.14. The van der Waals surface area contributed by atoms with E-state index in [-0.39, 0.29) is 5.92 Å². The maximum atomic E-state index is 5.67. The van der Waals surface area contributed by atoms with Crippen molar-refractivity contribution in [2.24, 2.45) is 0 Å². The highest BCUT2D eigenvalue weighted by molar-refractivity contribution is 7.78. The Kier molecular flexibility index (Phi) is 2.85. The average molecular weight is 233 g/mol. The Labute approximate surface area is 98.3 Å². The summed E-state index contributed by atoms with van der Waals surface area (Å²) < 4.78 is 0. The molecule has 6 heteroatoms. The molecule has 16 heavy (non-hydrogen) atoms. The molecule has 0 bridgehead atoms. The van der Waals surface area contributed by atoms with Crippen molar-refractivity contribution in [3.05, 3.63) is 35.7 Å². The fourth-order valence-corrected chi connectivity index (χ4v) is 1.70. The minimum absolute atomic E-state index is 0.0700. The molecular formula is C10H11N5S. The topological polar surface area (TPSA) is 68.8 Å². The van der Waals surface area contributed by atoms with Crippen LogP contribution in [0.5, 0.6) is 0 Å². The fourth-order valence-electron chi connectivity index (χ4n) is 1.50. The zero-order chi connectivity index (χ0) is 11.5. The van der Waals surface area contributed by atoms with Crippen LogP contribution in [-0.4, -0.2) is 26.9 Å². The first-order valence-corrected chi connectivity index (χ1v) is 5.17. The van der Waals surface area contributed by atoms with Gasteiger partial charge in [0.1, 0.15) is 0 Å². The maximum Gasteiger partial charge on any atom is 0.239 e. The second-order valence-electron chi connectivity index (χ2n) is 3.24. The van der Waals surface area contributed by atoms with E-state index in [0.717, 1.165) is 5.57 Å². The van der Waals surface area contributed by atoms with Crippen molar-refractivity contribution in [2.75, 3.05) is 18.2 Å². The summed E-state index contributed by atoms with van der Waals surface area (Å²) in [5.74, 6) is 0.864. The first kappa shape index (κ1) is 10.6. The number of hydrogen-bond donors (Lipinski definition) is 2. The van der Waals surface area contributed by atoms with E-state index in [4.69, 9.17) is 18.0 Å². The van der Waals surface area contributed by atoms with Crippen LogP contribution in [0.3, 0.4) is 0 Å². The van der Waals surface area contributed by atoms with Crippen molar-refractivity contribution in [2.45, 2.75) is 5.92 Å². The number of nitrogens with zero attached hydrogens (tertiary/aromatic N) is 3. The molecule has 0 amide bonds. The molecule has 0 spiro atoms. The molecule has 1 aliphatic rings. The van der Waals surface area contributed by atoms with Crippen LogP contribution in [0.25, 0.3) is 0 Å². The number of aromatic nitrogens is 3. The Morgan fingerprint density at radius 1 is 1.56 bits per heavy atom. The van der Waals surface area contributed by atoms with Gasteiger partial charge in [0, 0.05) is 12.6 Å². The summed E-state index contributed by atoms with van der Waals surface area (Å²) >= 11 is 4.84. The normalized spacial score (nSPS) is 18.6. The van der Waals surface area contributed by atoms with E-state index < -0.39 is 0 Å². The Balaban J connectivity index is 2.40. The molecule has 0 radical (unpaired) electrons. The average Bonchev–Trinajstić information content (AvgIpc) is 2.70. The van der Waals surface area contributed by atoms with E-state index in [9.17, 15) is 0 Å². The van der Waals surface area contributed by atoms with E-state index in [1.165, 1.54) is 4.79 Å². The van der Waals surface area contributed by atoms with Gasteiger partial charge in [0.2, 0.25) is 5.95 Å². The number of thiocarbonyl (C=S) groups is 1. The third-order valence-corrected chi connectivity index (χ3v) is 2.52. The van der Waals surface area contributed by atoms with Crippen molar-refractivity contribution in [3.63, 3.8) is 0 Å². The minimum Gasteiger partial charge on any atom is -0.367 e. The smallest absolute Gasteiger partial charge is 0.239 e. The molecule has 1 atom stereocenters. The molecule has 82 valence electrons. The number of hydrogen-bond acceptors (Lipinski definition) is 5. The van der Waals surface area contributed by atoms with E-state index in [0.29, 0.717) is 11.8 Å². The van der Waals surface area contributed by atoms with Crippen LogP contribution in [0.4, 0.5) is 5.95 Å². The van der Waals surface area contributed by atoms with Crippen LogP contribution in [0, 0.1) is 0 Å². The number of nitrogens with one attached hydrogen (secondary N) is 1. The number of anilines is 1. The molecule has 1 aromatic rings. The van der Waals surface area contributed by atoms with Crippen molar-refractivity contribution in [1.82, 2.24) is 14.9 Å².